The van der Waals surface area contributed by atoms with Crippen molar-refractivity contribution in [2.45, 2.75) is 26.7 Å². The number of rotatable bonds is 6. The second kappa shape index (κ2) is 5.76. The second-order valence-electron chi connectivity index (χ2n) is 2.46. The molecule has 3 nitrogen and oxygen atoms in total. The van der Waals surface area contributed by atoms with Crippen LogP contribution in [0.15, 0.2) is 0 Å². The van der Waals surface area contributed by atoms with Crippen LogP contribution in [0.25, 0.3) is 0 Å². The quantitative estimate of drug-likeness (QED) is 0.502. The third-order valence-corrected chi connectivity index (χ3v) is 3.57. The lowest BCUT2D eigenvalue weighted by molar-refractivity contribution is 0.269. The van der Waals surface area contributed by atoms with Gasteiger partial charge in [0.15, 0.2) is 0 Å². The van der Waals surface area contributed by atoms with Gasteiger partial charge in [-0.1, -0.05) is 20.3 Å². The molecule has 0 heterocycles. The Hall–Kier alpha value is 0.150. The van der Waals surface area contributed by atoms with Crippen LogP contribution >= 0.6 is 7.37 Å². The van der Waals surface area contributed by atoms with Crippen LogP contribution in [0.5, 0.6) is 0 Å². The Morgan fingerprint density at radius 1 is 1.45 bits per heavy atom. The lowest BCUT2D eigenvalue weighted by Gasteiger charge is -2.13. The fraction of sp³-hybridized carbons (Fsp3) is 1.00. The van der Waals surface area contributed by atoms with Crippen molar-refractivity contribution in [1.82, 2.24) is 0 Å². The molecule has 1 atom stereocenters. The van der Waals surface area contributed by atoms with Crippen LogP contribution in [0, 0.1) is 0 Å². The Morgan fingerprint density at radius 2 is 2.09 bits per heavy atom. The Balaban J connectivity index is 3.61. The van der Waals surface area contributed by atoms with Gasteiger partial charge in [-0.05, 0) is 6.42 Å². The molecule has 0 aliphatic carbocycles. The average molecular weight is 180 g/mol. The molecule has 0 aliphatic rings. The summed E-state index contributed by atoms with van der Waals surface area (Å²) in [6, 6.07) is 0. The van der Waals surface area contributed by atoms with Crippen molar-refractivity contribution in [3.63, 3.8) is 0 Å². The van der Waals surface area contributed by atoms with E-state index < -0.39 is 7.37 Å². The molecule has 0 fully saturated rings. The fourth-order valence-electron chi connectivity index (χ4n) is 0.607. The number of aliphatic hydroxyl groups excluding tert-OH is 1. The first-order valence-corrected chi connectivity index (χ1v) is 6.01. The van der Waals surface area contributed by atoms with Crippen molar-refractivity contribution in [3.8, 4) is 0 Å². The average Bonchev–Trinajstić information content (AvgIpc) is 2.05. The zero-order valence-corrected chi connectivity index (χ0v) is 8.14. The molecule has 0 aromatic rings. The van der Waals surface area contributed by atoms with Gasteiger partial charge in [0.05, 0.1) is 6.61 Å². The Kier molecular flexibility index (Phi) is 5.83. The Morgan fingerprint density at radius 3 is 2.45 bits per heavy atom. The van der Waals surface area contributed by atoms with E-state index in [1.165, 1.54) is 0 Å². The third kappa shape index (κ3) is 4.57. The molecule has 1 N–H and O–H groups in total. The molecule has 68 valence electrons. The van der Waals surface area contributed by atoms with Crippen molar-refractivity contribution < 1.29 is 14.2 Å². The molecule has 0 spiro atoms. The van der Waals surface area contributed by atoms with Gasteiger partial charge in [0.25, 0.3) is 0 Å². The molecule has 0 rings (SSSR count). The maximum absolute atomic E-state index is 11.4. The molecule has 0 aromatic heterocycles. The van der Waals surface area contributed by atoms with E-state index in [1.807, 2.05) is 6.92 Å². The smallest absolute Gasteiger partial charge is 0.227 e. The standard InChI is InChI=1S/C7H17O3P/c1-3-5-6-10-11(9,4-2)7-8/h8H,3-7H2,1-2H3. The summed E-state index contributed by atoms with van der Waals surface area (Å²) >= 11 is 0. The van der Waals surface area contributed by atoms with E-state index in [1.54, 1.807) is 6.92 Å². The van der Waals surface area contributed by atoms with Crippen molar-refractivity contribution in [1.29, 1.82) is 0 Å². The number of aliphatic hydroxyl groups is 1. The first-order valence-electron chi connectivity index (χ1n) is 4.02. The zero-order valence-electron chi connectivity index (χ0n) is 7.25. The van der Waals surface area contributed by atoms with Crippen LogP contribution in [0.4, 0.5) is 0 Å². The van der Waals surface area contributed by atoms with Gasteiger partial charge in [0.1, 0.15) is 6.35 Å². The predicted octanol–water partition coefficient (Wildman–Crippen LogP) is 2.05. The Bertz CT molecular complexity index is 128. The highest BCUT2D eigenvalue weighted by molar-refractivity contribution is 7.58. The van der Waals surface area contributed by atoms with E-state index >= 15 is 0 Å². The molecule has 0 aromatic carbocycles. The highest BCUT2D eigenvalue weighted by Crippen LogP contribution is 2.44. The van der Waals surface area contributed by atoms with Gasteiger partial charge >= 0.3 is 0 Å². The topological polar surface area (TPSA) is 46.5 Å². The van der Waals surface area contributed by atoms with E-state index in [0.717, 1.165) is 12.8 Å². The van der Waals surface area contributed by atoms with E-state index in [-0.39, 0.29) is 6.35 Å². The molecule has 1 unspecified atom stereocenters. The van der Waals surface area contributed by atoms with Gasteiger partial charge in [-0.2, -0.15) is 0 Å². The molecule has 4 heteroatoms. The Labute approximate surface area is 68.2 Å². The van der Waals surface area contributed by atoms with Gasteiger partial charge < -0.3 is 9.63 Å². The van der Waals surface area contributed by atoms with Crippen LogP contribution in [-0.4, -0.2) is 24.2 Å². The maximum atomic E-state index is 11.4. The summed E-state index contributed by atoms with van der Waals surface area (Å²) in [5, 5.41) is 8.70. The molecule has 0 amide bonds. The lowest BCUT2D eigenvalue weighted by Crippen LogP contribution is -1.98. The number of hydrogen-bond donors (Lipinski definition) is 1. The molecule has 0 saturated carbocycles. The summed E-state index contributed by atoms with van der Waals surface area (Å²) in [7, 11) is -2.66. The molecular formula is C7H17O3P. The van der Waals surface area contributed by atoms with Crippen molar-refractivity contribution in [3.05, 3.63) is 0 Å². The molecule has 11 heavy (non-hydrogen) atoms. The van der Waals surface area contributed by atoms with E-state index in [4.69, 9.17) is 9.63 Å². The van der Waals surface area contributed by atoms with Gasteiger partial charge in [-0.3, -0.25) is 4.57 Å². The minimum Gasteiger partial charge on any atom is -0.386 e. The summed E-state index contributed by atoms with van der Waals surface area (Å²) in [6.45, 7) is 4.31. The van der Waals surface area contributed by atoms with Crippen molar-refractivity contribution >= 4 is 7.37 Å². The third-order valence-electron chi connectivity index (χ3n) is 1.52. The first kappa shape index (κ1) is 11.2. The predicted molar refractivity (Wildman–Crippen MR) is 46.1 cm³/mol. The summed E-state index contributed by atoms with van der Waals surface area (Å²) in [5.74, 6) is 0. The van der Waals surface area contributed by atoms with Gasteiger partial charge in [-0.25, -0.2) is 0 Å². The minimum atomic E-state index is -2.66. The highest BCUT2D eigenvalue weighted by Gasteiger charge is 2.17. The van der Waals surface area contributed by atoms with Crippen LogP contribution in [-0.2, 0) is 9.09 Å². The largest absolute Gasteiger partial charge is 0.386 e. The number of hydrogen-bond acceptors (Lipinski definition) is 3. The zero-order chi connectivity index (χ0) is 8.74. The van der Waals surface area contributed by atoms with Crippen LogP contribution < -0.4 is 0 Å². The minimum absolute atomic E-state index is 0.326. The SMILES string of the molecule is CCCCOP(=O)(CC)CO. The number of unbranched alkanes of at least 4 members (excludes halogenated alkanes) is 1. The van der Waals surface area contributed by atoms with Crippen LogP contribution in [0.3, 0.4) is 0 Å². The van der Waals surface area contributed by atoms with E-state index in [0.29, 0.717) is 12.8 Å². The van der Waals surface area contributed by atoms with Crippen LogP contribution in [0.1, 0.15) is 26.7 Å². The van der Waals surface area contributed by atoms with Crippen molar-refractivity contribution in [2.75, 3.05) is 19.1 Å². The second-order valence-corrected chi connectivity index (χ2v) is 5.26. The van der Waals surface area contributed by atoms with Gasteiger partial charge in [-0.15, -0.1) is 0 Å². The van der Waals surface area contributed by atoms with Gasteiger partial charge in [0, 0.05) is 6.16 Å². The normalized spacial score (nSPS) is 16.3. The molecule has 0 radical (unpaired) electrons. The van der Waals surface area contributed by atoms with Crippen LogP contribution in [0.2, 0.25) is 0 Å². The summed E-state index contributed by atoms with van der Waals surface area (Å²) < 4.78 is 16.4. The summed E-state index contributed by atoms with van der Waals surface area (Å²) in [6.07, 6.45) is 2.03. The van der Waals surface area contributed by atoms with Crippen molar-refractivity contribution in [2.24, 2.45) is 0 Å². The molecule has 0 bridgehead atoms. The molecule has 0 aliphatic heterocycles. The summed E-state index contributed by atoms with van der Waals surface area (Å²) in [5.41, 5.74) is 0. The maximum Gasteiger partial charge on any atom is 0.227 e. The van der Waals surface area contributed by atoms with Gasteiger partial charge in [0.2, 0.25) is 7.37 Å². The lowest BCUT2D eigenvalue weighted by atomic mass is 10.4. The first-order chi connectivity index (χ1) is 5.18. The fourth-order valence-corrected chi connectivity index (χ4v) is 1.53. The highest BCUT2D eigenvalue weighted by atomic mass is 31.2. The monoisotopic (exact) mass is 180 g/mol. The summed E-state index contributed by atoms with van der Waals surface area (Å²) in [4.78, 5) is 0. The van der Waals surface area contributed by atoms with E-state index in [2.05, 4.69) is 0 Å². The van der Waals surface area contributed by atoms with E-state index in [9.17, 15) is 4.57 Å². The molecular weight excluding hydrogens is 163 g/mol. The molecule has 0 saturated heterocycles.